The van der Waals surface area contributed by atoms with Gasteiger partial charge >= 0.3 is 0 Å². The number of nitrogens with one attached hydrogen (secondary N) is 1. The standard InChI is InChI=1S/C5H13NO.CH4ClNO.CH6NO/c1-5(2)6-3-4-7;2-1-4-3;1-3-2/h5-7H,3-4H2,1-2H3;1,3H2;1-2H3/q;;+1. The van der Waals surface area contributed by atoms with Crippen LogP contribution in [-0.4, -0.2) is 37.5 Å². The number of aliphatic hydroxyl groups is 1. The van der Waals surface area contributed by atoms with Gasteiger partial charge in [0.25, 0.3) is 0 Å². The molecule has 0 aromatic carbocycles. The molecular formula is C7H23ClN3O3+. The van der Waals surface area contributed by atoms with Crippen molar-refractivity contribution in [2.24, 2.45) is 5.90 Å². The Labute approximate surface area is 90.4 Å². The third-order valence-electron chi connectivity index (χ3n) is 0.727. The third-order valence-corrected chi connectivity index (χ3v) is 0.853. The SMILES string of the molecule is CC(C)NCCO.CO[NH3+].NOCCl. The van der Waals surface area contributed by atoms with E-state index in [1.165, 1.54) is 7.11 Å². The maximum atomic E-state index is 8.25. The quantitative estimate of drug-likeness (QED) is 0.362. The first-order chi connectivity index (χ1) is 6.60. The van der Waals surface area contributed by atoms with Crippen LogP contribution in [0.15, 0.2) is 0 Å². The van der Waals surface area contributed by atoms with Gasteiger partial charge in [0.1, 0.15) is 6.07 Å². The fraction of sp³-hybridized carbons (Fsp3) is 1.00. The van der Waals surface area contributed by atoms with E-state index < -0.39 is 0 Å². The molecule has 0 fully saturated rings. The average Bonchev–Trinajstić information content (AvgIpc) is 2.16. The van der Waals surface area contributed by atoms with Gasteiger partial charge in [0, 0.05) is 12.6 Å². The number of aliphatic hydroxyl groups excluding tert-OH is 1. The van der Waals surface area contributed by atoms with Crippen molar-refractivity contribution in [3.05, 3.63) is 0 Å². The maximum Gasteiger partial charge on any atom is 0.142 e. The van der Waals surface area contributed by atoms with Crippen LogP contribution in [0.25, 0.3) is 0 Å². The molecule has 0 aliphatic carbocycles. The van der Waals surface area contributed by atoms with Crippen LogP contribution in [0.2, 0.25) is 0 Å². The van der Waals surface area contributed by atoms with Crippen molar-refractivity contribution in [1.29, 1.82) is 0 Å². The molecule has 0 saturated heterocycles. The molecule has 0 aliphatic heterocycles. The smallest absolute Gasteiger partial charge is 0.142 e. The van der Waals surface area contributed by atoms with Crippen LogP contribution in [0.5, 0.6) is 0 Å². The van der Waals surface area contributed by atoms with E-state index in [-0.39, 0.29) is 12.7 Å². The van der Waals surface area contributed by atoms with Crippen LogP contribution in [0, 0.1) is 0 Å². The zero-order chi connectivity index (χ0) is 11.8. The van der Waals surface area contributed by atoms with Gasteiger partial charge in [-0.25, -0.2) is 16.6 Å². The second-order valence-corrected chi connectivity index (χ2v) is 2.62. The lowest BCUT2D eigenvalue weighted by Crippen LogP contribution is -2.46. The Bertz CT molecular complexity index is 77.2. The predicted octanol–water partition coefficient (Wildman–Crippen LogP) is -1.16. The van der Waals surface area contributed by atoms with Crippen LogP contribution in [0.4, 0.5) is 0 Å². The van der Waals surface area contributed by atoms with Crippen LogP contribution in [-0.2, 0) is 9.68 Å². The van der Waals surface area contributed by atoms with E-state index in [0.29, 0.717) is 12.6 Å². The molecule has 0 radical (unpaired) electrons. The van der Waals surface area contributed by atoms with E-state index in [4.69, 9.17) is 16.7 Å². The van der Waals surface area contributed by atoms with E-state index in [1.54, 1.807) is 0 Å². The number of hydrogen-bond acceptors (Lipinski definition) is 5. The zero-order valence-electron chi connectivity index (χ0n) is 9.12. The van der Waals surface area contributed by atoms with Crippen LogP contribution >= 0.6 is 11.6 Å². The first-order valence-electron chi connectivity index (χ1n) is 4.10. The summed E-state index contributed by atoms with van der Waals surface area (Å²) >= 11 is 4.84. The van der Waals surface area contributed by atoms with Gasteiger partial charge in [-0.05, 0) is 0 Å². The van der Waals surface area contributed by atoms with Gasteiger partial charge in [-0.3, -0.25) is 4.84 Å². The highest BCUT2D eigenvalue weighted by atomic mass is 35.5. The third kappa shape index (κ3) is 57.7. The molecule has 0 rings (SSSR count). The van der Waals surface area contributed by atoms with Gasteiger partial charge in [0.05, 0.1) is 13.7 Å². The summed E-state index contributed by atoms with van der Waals surface area (Å²) in [5.41, 5.74) is 0. The van der Waals surface area contributed by atoms with Crippen molar-refractivity contribution in [3.8, 4) is 0 Å². The number of halogens is 1. The van der Waals surface area contributed by atoms with Crippen LogP contribution < -0.4 is 17.1 Å². The first kappa shape index (κ1) is 19.6. The molecule has 6 nitrogen and oxygen atoms in total. The minimum absolute atomic E-state index is 0.0694. The summed E-state index contributed by atoms with van der Waals surface area (Å²) in [7, 11) is 1.51. The van der Waals surface area contributed by atoms with E-state index in [0.717, 1.165) is 0 Å². The second kappa shape index (κ2) is 23.1. The molecule has 0 bridgehead atoms. The van der Waals surface area contributed by atoms with Gasteiger partial charge < -0.3 is 10.4 Å². The Morgan fingerprint density at radius 2 is 1.93 bits per heavy atom. The summed E-state index contributed by atoms with van der Waals surface area (Å²) in [6.07, 6.45) is 0. The Morgan fingerprint density at radius 3 is 2.00 bits per heavy atom. The van der Waals surface area contributed by atoms with Crippen molar-refractivity contribution in [2.45, 2.75) is 19.9 Å². The van der Waals surface area contributed by atoms with E-state index >= 15 is 0 Å². The lowest BCUT2D eigenvalue weighted by atomic mass is 10.4. The minimum atomic E-state index is 0.0694. The van der Waals surface area contributed by atoms with Crippen molar-refractivity contribution in [3.63, 3.8) is 0 Å². The molecule has 0 spiro atoms. The second-order valence-electron chi connectivity index (χ2n) is 2.40. The lowest BCUT2D eigenvalue weighted by Gasteiger charge is -2.03. The molecule has 0 heterocycles. The highest BCUT2D eigenvalue weighted by molar-refractivity contribution is 6.17. The van der Waals surface area contributed by atoms with E-state index in [2.05, 4.69) is 40.6 Å². The normalized spacial score (nSPS) is 8.57. The summed E-state index contributed by atoms with van der Waals surface area (Å²) in [6.45, 7) is 5.04. The highest BCUT2D eigenvalue weighted by Crippen LogP contribution is 1.71. The monoisotopic (exact) mass is 232 g/mol. The molecule has 14 heavy (non-hydrogen) atoms. The Morgan fingerprint density at radius 1 is 1.57 bits per heavy atom. The molecule has 90 valence electrons. The Hall–Kier alpha value is 0.0500. The molecule has 0 atom stereocenters. The van der Waals surface area contributed by atoms with Crippen molar-refractivity contribution >= 4 is 11.6 Å². The van der Waals surface area contributed by atoms with Crippen molar-refractivity contribution in [1.82, 2.24) is 5.32 Å². The van der Waals surface area contributed by atoms with Gasteiger partial charge in [-0.1, -0.05) is 25.4 Å². The number of hydrogen-bond donors (Lipinski definition) is 4. The van der Waals surface area contributed by atoms with E-state index in [9.17, 15) is 0 Å². The number of rotatable bonds is 4. The van der Waals surface area contributed by atoms with Gasteiger partial charge in [0.15, 0.2) is 0 Å². The van der Waals surface area contributed by atoms with E-state index in [1.807, 2.05) is 0 Å². The Kier molecular flexibility index (Phi) is 32.4. The van der Waals surface area contributed by atoms with Crippen LogP contribution in [0.1, 0.15) is 13.8 Å². The topological polar surface area (TPSA) is 104 Å². The number of alkyl halides is 1. The maximum absolute atomic E-state index is 8.25. The largest absolute Gasteiger partial charge is 0.395 e. The molecule has 0 aliphatic rings. The molecular weight excluding hydrogens is 210 g/mol. The van der Waals surface area contributed by atoms with Crippen LogP contribution in [0.3, 0.4) is 0 Å². The molecule has 0 aromatic heterocycles. The summed E-state index contributed by atoms with van der Waals surface area (Å²) in [5.74, 6) is 7.38. The molecule has 7 heteroatoms. The Balaban J connectivity index is -0.000000147. The lowest BCUT2D eigenvalue weighted by molar-refractivity contribution is -0.679. The number of nitrogens with two attached hydrogens (primary N) is 1. The van der Waals surface area contributed by atoms with Gasteiger partial charge in [-0.2, -0.15) is 0 Å². The summed E-state index contributed by atoms with van der Waals surface area (Å²) in [5, 5.41) is 11.3. The molecule has 0 saturated carbocycles. The fourth-order valence-corrected chi connectivity index (χ4v) is 0.353. The summed E-state index contributed by atoms with van der Waals surface area (Å²) in [6, 6.07) is 0.562. The zero-order valence-corrected chi connectivity index (χ0v) is 9.88. The molecule has 0 unspecified atom stereocenters. The highest BCUT2D eigenvalue weighted by Gasteiger charge is 1.86. The average molecular weight is 233 g/mol. The van der Waals surface area contributed by atoms with Crippen molar-refractivity contribution < 1.29 is 20.7 Å². The number of quaternary nitrogens is 1. The predicted molar refractivity (Wildman–Crippen MR) is 56.1 cm³/mol. The first-order valence-corrected chi connectivity index (χ1v) is 4.64. The van der Waals surface area contributed by atoms with Crippen molar-refractivity contribution in [2.75, 3.05) is 26.3 Å². The summed E-state index contributed by atoms with van der Waals surface area (Å²) < 4.78 is 0. The minimum Gasteiger partial charge on any atom is -0.395 e. The summed E-state index contributed by atoms with van der Waals surface area (Å²) in [4.78, 5) is 7.81. The van der Waals surface area contributed by atoms with Gasteiger partial charge in [-0.15, -0.1) is 0 Å². The van der Waals surface area contributed by atoms with Gasteiger partial charge in [0.2, 0.25) is 0 Å². The molecule has 7 N–H and O–H groups in total. The fourth-order valence-electron chi connectivity index (χ4n) is 0.353. The molecule has 0 amide bonds. The molecule has 0 aromatic rings.